The average molecular weight is 706 g/mol. The van der Waals surface area contributed by atoms with Crippen LogP contribution in [0.2, 0.25) is 0 Å². The van der Waals surface area contributed by atoms with Crippen LogP contribution >= 0.6 is 0 Å². The number of benzene rings is 7. The van der Waals surface area contributed by atoms with Crippen molar-refractivity contribution < 1.29 is 4.42 Å². The molecule has 0 aliphatic heterocycles. The normalized spacial score (nSPS) is 11.3. The maximum absolute atomic E-state index is 6.62. The summed E-state index contributed by atoms with van der Waals surface area (Å²) < 4.78 is 6.62. The van der Waals surface area contributed by atoms with Crippen molar-refractivity contribution in [1.82, 2.24) is 25.1 Å². The van der Waals surface area contributed by atoms with Gasteiger partial charge >= 0.3 is 0 Å². The van der Waals surface area contributed by atoms with Crippen LogP contribution in [0.15, 0.2) is 192 Å². The number of hydrogen-bond acceptors (Lipinski definition) is 6. The monoisotopic (exact) mass is 705 g/mol. The van der Waals surface area contributed by atoms with Gasteiger partial charge in [-0.2, -0.15) is 0 Å². The molecule has 0 amide bonds. The number of aromatic nitrogens is 5. The van der Waals surface area contributed by atoms with Crippen molar-refractivity contribution in [2.24, 2.45) is 0 Å². The molecule has 6 nitrogen and oxygen atoms in total. The van der Waals surface area contributed by atoms with Crippen LogP contribution in [0.4, 0.5) is 0 Å². The zero-order valence-corrected chi connectivity index (χ0v) is 29.5. The maximum atomic E-state index is 6.62. The van der Waals surface area contributed by atoms with E-state index in [0.29, 0.717) is 17.5 Å². The van der Waals surface area contributed by atoms with E-state index in [2.05, 4.69) is 83.0 Å². The molecule has 258 valence electrons. The van der Waals surface area contributed by atoms with E-state index in [0.717, 1.165) is 83.4 Å². The Bertz CT molecular complexity index is 2870. The molecule has 10 rings (SSSR count). The Balaban J connectivity index is 1.05. The molecule has 0 atom stereocenters. The van der Waals surface area contributed by atoms with Crippen molar-refractivity contribution in [3.05, 3.63) is 188 Å². The molecule has 0 unspecified atom stereocenters. The minimum atomic E-state index is 0.614. The summed E-state index contributed by atoms with van der Waals surface area (Å²) in [6.07, 6.45) is 0. The van der Waals surface area contributed by atoms with Gasteiger partial charge in [-0.3, -0.25) is 0 Å². The lowest BCUT2D eigenvalue weighted by Crippen LogP contribution is -2.00. The molecule has 55 heavy (non-hydrogen) atoms. The van der Waals surface area contributed by atoms with Crippen LogP contribution in [0.3, 0.4) is 0 Å². The van der Waals surface area contributed by atoms with Crippen molar-refractivity contribution >= 4 is 21.9 Å². The molecule has 0 bridgehead atoms. The zero-order valence-electron chi connectivity index (χ0n) is 29.5. The third kappa shape index (κ3) is 6.11. The van der Waals surface area contributed by atoms with E-state index in [1.165, 1.54) is 0 Å². The first-order chi connectivity index (χ1) is 27.2. The van der Waals surface area contributed by atoms with Crippen molar-refractivity contribution in [2.45, 2.75) is 0 Å². The van der Waals surface area contributed by atoms with E-state index in [1.54, 1.807) is 0 Å². The van der Waals surface area contributed by atoms with Gasteiger partial charge in [0.15, 0.2) is 17.5 Å². The van der Waals surface area contributed by atoms with E-state index in [-0.39, 0.29) is 0 Å². The average Bonchev–Trinajstić information content (AvgIpc) is 3.66. The Hall–Kier alpha value is -7.57. The number of rotatable bonds is 7. The molecular weight excluding hydrogens is 675 g/mol. The van der Waals surface area contributed by atoms with Crippen molar-refractivity contribution in [3.8, 4) is 78.9 Å². The minimum absolute atomic E-state index is 0.614. The van der Waals surface area contributed by atoms with Crippen LogP contribution in [0.5, 0.6) is 0 Å². The van der Waals surface area contributed by atoms with Gasteiger partial charge in [-0.1, -0.05) is 164 Å². The molecule has 7 aromatic carbocycles. The molecule has 0 saturated heterocycles. The second-order valence-electron chi connectivity index (χ2n) is 13.3. The van der Waals surface area contributed by atoms with Crippen molar-refractivity contribution in [2.75, 3.05) is 0 Å². The van der Waals surface area contributed by atoms with Crippen LogP contribution in [0.25, 0.3) is 101 Å². The Morgan fingerprint density at radius 1 is 0.309 bits per heavy atom. The highest BCUT2D eigenvalue weighted by molar-refractivity contribution is 6.12. The molecule has 6 heteroatoms. The fourth-order valence-corrected chi connectivity index (χ4v) is 7.11. The largest absolute Gasteiger partial charge is 0.455 e. The van der Waals surface area contributed by atoms with Gasteiger partial charge in [0.05, 0.1) is 11.4 Å². The third-order valence-corrected chi connectivity index (χ3v) is 9.90. The smallest absolute Gasteiger partial charge is 0.164 e. The van der Waals surface area contributed by atoms with Gasteiger partial charge < -0.3 is 4.42 Å². The summed E-state index contributed by atoms with van der Waals surface area (Å²) in [6.45, 7) is 0. The lowest BCUT2D eigenvalue weighted by molar-refractivity contribution is 0.670. The van der Waals surface area contributed by atoms with E-state index in [4.69, 9.17) is 19.4 Å². The number of hydrogen-bond donors (Lipinski definition) is 0. The van der Waals surface area contributed by atoms with Crippen LogP contribution in [-0.4, -0.2) is 25.1 Å². The summed E-state index contributed by atoms with van der Waals surface area (Å²) in [5.41, 5.74) is 12.3. The standard InChI is InChI=1S/C49H31N5O/c1-4-12-33(13-5-1)42-30-31-43(54-53-42)34-22-24-35(25-23-34)45-39(28-29-41-40-18-10-11-19-44(40)55-46(41)45)32-20-26-38(27-21-32)49-51-47(36-14-6-2-7-15-36)50-48(52-49)37-16-8-3-9-17-37/h1-31H. The summed E-state index contributed by atoms with van der Waals surface area (Å²) in [4.78, 5) is 14.7. The molecule has 10 aromatic rings. The van der Waals surface area contributed by atoms with E-state index in [9.17, 15) is 0 Å². The molecule has 0 spiro atoms. The van der Waals surface area contributed by atoms with Gasteiger partial charge in [0.1, 0.15) is 11.2 Å². The van der Waals surface area contributed by atoms with Crippen LogP contribution < -0.4 is 0 Å². The SMILES string of the molecule is c1ccc(-c2ccc(-c3ccc(-c4c(-c5ccc(-c6nc(-c7ccccc7)nc(-c7ccccc7)n6)cc5)ccc5c4oc4ccccc45)cc3)nn2)cc1. The highest BCUT2D eigenvalue weighted by Gasteiger charge is 2.19. The van der Waals surface area contributed by atoms with Crippen LogP contribution in [0, 0.1) is 0 Å². The predicted octanol–water partition coefficient (Wildman–Crippen LogP) is 12.2. The number of para-hydroxylation sites is 1. The summed E-state index contributed by atoms with van der Waals surface area (Å²) in [7, 11) is 0. The summed E-state index contributed by atoms with van der Waals surface area (Å²) in [5.74, 6) is 1.88. The van der Waals surface area contributed by atoms with Gasteiger partial charge in [0.25, 0.3) is 0 Å². The highest BCUT2D eigenvalue weighted by atomic mass is 16.3. The first-order valence-corrected chi connectivity index (χ1v) is 18.2. The third-order valence-electron chi connectivity index (χ3n) is 9.90. The predicted molar refractivity (Wildman–Crippen MR) is 221 cm³/mol. The highest BCUT2D eigenvalue weighted by Crippen LogP contribution is 2.43. The van der Waals surface area contributed by atoms with Gasteiger partial charge in [-0.05, 0) is 41.0 Å². The second kappa shape index (κ2) is 13.8. The minimum Gasteiger partial charge on any atom is -0.455 e. The molecule has 0 aliphatic rings. The number of fused-ring (bicyclic) bond motifs is 3. The van der Waals surface area contributed by atoms with Crippen molar-refractivity contribution in [1.29, 1.82) is 0 Å². The molecule has 3 heterocycles. The molecular formula is C49H31N5O. The molecule has 0 radical (unpaired) electrons. The Morgan fingerprint density at radius 2 is 0.745 bits per heavy atom. The van der Waals surface area contributed by atoms with E-state index in [1.807, 2.05) is 115 Å². The van der Waals surface area contributed by atoms with Crippen LogP contribution in [-0.2, 0) is 0 Å². The van der Waals surface area contributed by atoms with Gasteiger partial charge in [0, 0.05) is 44.2 Å². The molecule has 0 saturated carbocycles. The molecule has 0 N–H and O–H groups in total. The fourth-order valence-electron chi connectivity index (χ4n) is 7.11. The van der Waals surface area contributed by atoms with E-state index < -0.39 is 0 Å². The number of furan rings is 1. The lowest BCUT2D eigenvalue weighted by Gasteiger charge is -2.13. The Kier molecular flexibility index (Phi) is 8.04. The summed E-state index contributed by atoms with van der Waals surface area (Å²) >= 11 is 0. The summed E-state index contributed by atoms with van der Waals surface area (Å²) in [5, 5.41) is 11.2. The topological polar surface area (TPSA) is 77.6 Å². The lowest BCUT2D eigenvalue weighted by atomic mass is 9.91. The summed E-state index contributed by atoms with van der Waals surface area (Å²) in [6, 6.07) is 63.7. The molecule has 3 aromatic heterocycles. The Morgan fingerprint density at radius 3 is 1.31 bits per heavy atom. The first kappa shape index (κ1) is 32.1. The quantitative estimate of drug-likeness (QED) is 0.164. The van der Waals surface area contributed by atoms with Gasteiger partial charge in [0.2, 0.25) is 0 Å². The first-order valence-electron chi connectivity index (χ1n) is 18.2. The molecule has 0 fully saturated rings. The maximum Gasteiger partial charge on any atom is 0.164 e. The second-order valence-corrected chi connectivity index (χ2v) is 13.3. The van der Waals surface area contributed by atoms with Gasteiger partial charge in [-0.25, -0.2) is 15.0 Å². The van der Waals surface area contributed by atoms with Gasteiger partial charge in [-0.15, -0.1) is 10.2 Å². The zero-order chi connectivity index (χ0) is 36.6. The Labute approximate surface area is 317 Å². The molecule has 0 aliphatic carbocycles. The van der Waals surface area contributed by atoms with Crippen LogP contribution in [0.1, 0.15) is 0 Å². The van der Waals surface area contributed by atoms with E-state index >= 15 is 0 Å². The number of nitrogens with zero attached hydrogens (tertiary/aromatic N) is 5. The fraction of sp³-hybridized carbons (Fsp3) is 0. The van der Waals surface area contributed by atoms with Crippen molar-refractivity contribution in [3.63, 3.8) is 0 Å².